The Balaban J connectivity index is 0.000000170. The number of benzene rings is 2. The van der Waals surface area contributed by atoms with E-state index in [0.717, 1.165) is 70.5 Å². The minimum absolute atomic E-state index is 0.251. The zero-order valence-electron chi connectivity index (χ0n) is 37.6. The monoisotopic (exact) mass is 928 g/mol. The van der Waals surface area contributed by atoms with Crippen molar-refractivity contribution in [3.05, 3.63) is 178 Å². The molecular weight excluding hydrogens is 883 g/mol. The van der Waals surface area contributed by atoms with Crippen LogP contribution in [0.25, 0.3) is 35.7 Å². The summed E-state index contributed by atoms with van der Waals surface area (Å²) in [5.74, 6) is 1.16. The van der Waals surface area contributed by atoms with E-state index in [0.29, 0.717) is 49.2 Å². The van der Waals surface area contributed by atoms with Crippen LogP contribution in [0.15, 0.2) is 97.8 Å². The van der Waals surface area contributed by atoms with Gasteiger partial charge < -0.3 is 9.13 Å². The highest BCUT2D eigenvalue weighted by atomic mass is 19.4. The van der Waals surface area contributed by atoms with Gasteiger partial charge in [0, 0.05) is 37.3 Å². The van der Waals surface area contributed by atoms with Gasteiger partial charge in [-0.3, -0.25) is 9.97 Å². The fraction of sp³-hybridized carbons (Fsp3) is 0.280. The fourth-order valence-corrected chi connectivity index (χ4v) is 8.89. The molecule has 10 rings (SSSR count). The quantitative estimate of drug-likeness (QED) is 0.138. The highest BCUT2D eigenvalue weighted by Crippen LogP contribution is 2.42. The van der Waals surface area contributed by atoms with E-state index in [4.69, 9.17) is 0 Å². The van der Waals surface area contributed by atoms with Crippen molar-refractivity contribution < 1.29 is 26.3 Å². The zero-order valence-corrected chi connectivity index (χ0v) is 37.6. The molecule has 68 heavy (non-hydrogen) atoms. The maximum absolute atomic E-state index is 13.6. The molecule has 6 aromatic heterocycles. The highest BCUT2D eigenvalue weighted by Gasteiger charge is 2.38. The fourth-order valence-electron chi connectivity index (χ4n) is 8.89. The normalized spacial score (nSPS) is 16.2. The van der Waals surface area contributed by atoms with Gasteiger partial charge >= 0.3 is 12.4 Å². The van der Waals surface area contributed by atoms with E-state index in [1.54, 1.807) is 58.4 Å². The van der Waals surface area contributed by atoms with Gasteiger partial charge in [0.25, 0.3) is 0 Å². The summed E-state index contributed by atoms with van der Waals surface area (Å²) in [7, 11) is 0. The Labute approximate surface area is 387 Å². The van der Waals surface area contributed by atoms with Crippen LogP contribution in [0.3, 0.4) is 0 Å². The topological polar surface area (TPSA) is 123 Å². The molecule has 2 aromatic carbocycles. The third-order valence-electron chi connectivity index (χ3n) is 12.0. The summed E-state index contributed by atoms with van der Waals surface area (Å²) in [4.78, 5) is 27.0. The summed E-state index contributed by atoms with van der Waals surface area (Å²) in [6.07, 6.45) is 8.38. The Morgan fingerprint density at radius 2 is 0.926 bits per heavy atom. The van der Waals surface area contributed by atoms with Crippen LogP contribution in [-0.2, 0) is 25.4 Å². The number of hydrogen-bond donors (Lipinski definition) is 0. The largest absolute Gasteiger partial charge is 0.416 e. The number of alkyl halides is 6. The van der Waals surface area contributed by atoms with Crippen molar-refractivity contribution in [2.24, 2.45) is 0 Å². The van der Waals surface area contributed by atoms with Gasteiger partial charge in [-0.05, 0) is 125 Å². The molecule has 0 bridgehead atoms. The molecule has 2 aliphatic rings. The maximum Gasteiger partial charge on any atom is 0.416 e. The number of fused-ring (bicyclic) bond motifs is 2. The lowest BCUT2D eigenvalue weighted by Gasteiger charge is -2.25. The summed E-state index contributed by atoms with van der Waals surface area (Å²) in [5.41, 5.74) is 6.20. The molecule has 2 aliphatic heterocycles. The molecule has 0 aliphatic carbocycles. The lowest BCUT2D eigenvalue weighted by molar-refractivity contribution is -0.139. The average molecular weight is 929 g/mol. The van der Waals surface area contributed by atoms with Gasteiger partial charge in [-0.25, -0.2) is 29.3 Å². The Morgan fingerprint density at radius 3 is 1.29 bits per heavy atom. The minimum atomic E-state index is -4.41. The minimum Gasteiger partial charge on any atom is -0.304 e. The Bertz CT molecular complexity index is 2940. The first-order chi connectivity index (χ1) is 32.6. The molecule has 0 unspecified atom stereocenters. The van der Waals surface area contributed by atoms with Crippen LogP contribution < -0.4 is 0 Å². The molecule has 8 aromatic rings. The number of hydrogen-bond acceptors (Lipinski definition) is 8. The van der Waals surface area contributed by atoms with Crippen molar-refractivity contribution in [2.45, 2.75) is 90.7 Å². The standard InChI is InChI=1S/2C25H23F3N6/c2*1-16-14-33(15-29-16)22-11-9-18(30-17(22)2)10-12-23-31-24-20(7-5-13-34(24)32-23)19-6-3-4-8-21(19)25(26,27)28/h2*3-4,6,8-12,14-15,20H,5,7,13H2,1-2H3/b2*12-10+/t2*20-/m00/s1. The van der Waals surface area contributed by atoms with E-state index in [9.17, 15) is 26.3 Å². The van der Waals surface area contributed by atoms with Crippen LogP contribution >= 0.6 is 0 Å². The molecule has 0 fully saturated rings. The first-order valence-electron chi connectivity index (χ1n) is 22.1. The van der Waals surface area contributed by atoms with Gasteiger partial charge in [0.1, 0.15) is 11.6 Å². The number of aryl methyl sites for hydroxylation is 6. The number of nitrogens with zero attached hydrogens (tertiary/aromatic N) is 12. The number of pyridine rings is 2. The second-order valence-electron chi connectivity index (χ2n) is 16.9. The van der Waals surface area contributed by atoms with Gasteiger partial charge in [0.2, 0.25) is 0 Å². The van der Waals surface area contributed by atoms with E-state index in [2.05, 4.69) is 40.1 Å². The summed E-state index contributed by atoms with van der Waals surface area (Å²) >= 11 is 0. The molecule has 0 radical (unpaired) electrons. The predicted octanol–water partition coefficient (Wildman–Crippen LogP) is 11.2. The molecule has 2 atom stereocenters. The van der Waals surface area contributed by atoms with Crippen LogP contribution in [0.2, 0.25) is 0 Å². The van der Waals surface area contributed by atoms with Crippen molar-refractivity contribution in [3.8, 4) is 11.4 Å². The lowest BCUT2D eigenvalue weighted by atomic mass is 9.88. The van der Waals surface area contributed by atoms with E-state index in [-0.39, 0.29) is 11.1 Å². The van der Waals surface area contributed by atoms with Gasteiger partial charge in [0.15, 0.2) is 11.6 Å². The highest BCUT2D eigenvalue weighted by molar-refractivity contribution is 5.66. The van der Waals surface area contributed by atoms with Crippen LogP contribution in [0.4, 0.5) is 26.3 Å². The van der Waals surface area contributed by atoms with Gasteiger partial charge in [-0.2, -0.15) is 36.5 Å². The molecule has 0 amide bonds. The average Bonchev–Trinajstić information content (AvgIpc) is 4.14. The number of imidazole rings is 2. The summed E-state index contributed by atoms with van der Waals surface area (Å²) in [5, 5.41) is 9.04. The molecule has 8 heterocycles. The molecule has 0 spiro atoms. The van der Waals surface area contributed by atoms with Crippen molar-refractivity contribution >= 4 is 24.3 Å². The van der Waals surface area contributed by atoms with Crippen molar-refractivity contribution in [1.29, 1.82) is 0 Å². The van der Waals surface area contributed by atoms with Crippen LogP contribution in [-0.4, -0.2) is 58.6 Å². The summed E-state index contributed by atoms with van der Waals surface area (Å²) < 4.78 is 88.9. The third-order valence-corrected chi connectivity index (χ3v) is 12.0. The molecular formula is C50H46F6N12. The molecule has 0 saturated carbocycles. The van der Waals surface area contributed by atoms with Crippen LogP contribution in [0, 0.1) is 27.7 Å². The van der Waals surface area contributed by atoms with Crippen LogP contribution in [0.1, 0.15) is 117 Å². The van der Waals surface area contributed by atoms with E-state index >= 15 is 0 Å². The predicted molar refractivity (Wildman–Crippen MR) is 245 cm³/mol. The Hall–Kier alpha value is -7.50. The first-order valence-corrected chi connectivity index (χ1v) is 22.1. The van der Waals surface area contributed by atoms with E-state index in [1.165, 1.54) is 12.1 Å². The van der Waals surface area contributed by atoms with Gasteiger partial charge in [0.05, 0.1) is 69.3 Å². The van der Waals surface area contributed by atoms with E-state index < -0.39 is 35.3 Å². The van der Waals surface area contributed by atoms with Crippen molar-refractivity contribution in [3.63, 3.8) is 0 Å². The maximum atomic E-state index is 13.6. The van der Waals surface area contributed by atoms with Crippen LogP contribution in [0.5, 0.6) is 0 Å². The summed E-state index contributed by atoms with van der Waals surface area (Å²) in [6, 6.07) is 19.2. The van der Waals surface area contributed by atoms with Gasteiger partial charge in [-0.1, -0.05) is 36.4 Å². The smallest absolute Gasteiger partial charge is 0.304 e. The lowest BCUT2D eigenvalue weighted by Crippen LogP contribution is -2.21. The van der Waals surface area contributed by atoms with E-state index in [1.807, 2.05) is 85.6 Å². The zero-order chi connectivity index (χ0) is 47.7. The first kappa shape index (κ1) is 45.6. The molecule has 348 valence electrons. The Kier molecular flexibility index (Phi) is 12.5. The molecule has 18 heteroatoms. The van der Waals surface area contributed by atoms with Crippen molar-refractivity contribution in [1.82, 2.24) is 58.6 Å². The number of halogens is 6. The molecule has 0 N–H and O–H groups in total. The molecule has 0 saturated heterocycles. The number of rotatable bonds is 8. The third kappa shape index (κ3) is 9.80. The SMILES string of the molecule is Cc1cn(-c2ccc(/C=C/c3nc4n(n3)CCC[C@H]4c3ccccc3C(F)(F)F)nc2C)cn1.Cc1cn(-c2ccc(/C=C/c3nc4n(n3)CCC[C@H]4c3ccccc3C(F)(F)F)nc2C)cn1. The number of aromatic nitrogens is 12. The Morgan fingerprint density at radius 1 is 0.515 bits per heavy atom. The second-order valence-corrected chi connectivity index (χ2v) is 16.9. The summed E-state index contributed by atoms with van der Waals surface area (Å²) in [6.45, 7) is 8.99. The van der Waals surface area contributed by atoms with Crippen molar-refractivity contribution in [2.75, 3.05) is 0 Å². The second kappa shape index (κ2) is 18.6. The van der Waals surface area contributed by atoms with Gasteiger partial charge in [-0.15, -0.1) is 0 Å². The molecule has 12 nitrogen and oxygen atoms in total.